The summed E-state index contributed by atoms with van der Waals surface area (Å²) in [4.78, 5) is 2.22. The van der Waals surface area contributed by atoms with Crippen LogP contribution < -0.4 is 4.74 Å². The minimum atomic E-state index is -0.118. The normalized spacial score (nSPS) is 17.5. The summed E-state index contributed by atoms with van der Waals surface area (Å²) in [5.41, 5.74) is 1.27. The van der Waals surface area contributed by atoms with Crippen molar-refractivity contribution in [3.63, 3.8) is 0 Å². The van der Waals surface area contributed by atoms with Gasteiger partial charge in [0.25, 0.3) is 0 Å². The van der Waals surface area contributed by atoms with Crippen LogP contribution >= 0.6 is 0 Å². The average molecular weight is 207 g/mol. The molecule has 0 aliphatic carbocycles. The summed E-state index contributed by atoms with van der Waals surface area (Å²) < 4.78 is 5.37. The van der Waals surface area contributed by atoms with Gasteiger partial charge in [0.2, 0.25) is 0 Å². The molecule has 1 N–H and O–H groups in total. The number of rotatable bonds is 4. The first-order chi connectivity index (χ1) is 7.28. The van der Waals surface area contributed by atoms with Crippen molar-refractivity contribution >= 4 is 0 Å². The van der Waals surface area contributed by atoms with E-state index in [1.807, 2.05) is 19.1 Å². The third-order valence-corrected chi connectivity index (χ3v) is 2.58. The van der Waals surface area contributed by atoms with Gasteiger partial charge in [-0.25, -0.2) is 0 Å². The molecule has 0 bridgehead atoms. The molecule has 1 heterocycles. The highest BCUT2D eigenvalue weighted by molar-refractivity contribution is 5.27. The van der Waals surface area contributed by atoms with E-state index in [1.54, 1.807) is 0 Å². The number of benzene rings is 1. The Morgan fingerprint density at radius 2 is 2.00 bits per heavy atom. The van der Waals surface area contributed by atoms with Crippen LogP contribution in [0.5, 0.6) is 5.75 Å². The molecule has 0 saturated carbocycles. The molecule has 0 aromatic heterocycles. The second-order valence-electron chi connectivity index (χ2n) is 3.92. The molecule has 0 radical (unpaired) electrons. The summed E-state index contributed by atoms with van der Waals surface area (Å²) >= 11 is 0. The number of likely N-dealkylation sites (tertiary alicyclic amines) is 1. The topological polar surface area (TPSA) is 32.7 Å². The van der Waals surface area contributed by atoms with E-state index in [0.29, 0.717) is 6.61 Å². The van der Waals surface area contributed by atoms with Crippen LogP contribution in [0.15, 0.2) is 24.3 Å². The molecule has 1 saturated heterocycles. The predicted octanol–water partition coefficient (Wildman–Crippen LogP) is 1.26. The van der Waals surface area contributed by atoms with Crippen molar-refractivity contribution in [1.29, 1.82) is 0 Å². The molecule has 0 atom stereocenters. The maximum Gasteiger partial charge on any atom is 0.119 e. The molecule has 82 valence electrons. The van der Waals surface area contributed by atoms with Crippen LogP contribution in [0, 0.1) is 0 Å². The van der Waals surface area contributed by atoms with E-state index in [1.165, 1.54) is 5.56 Å². The molecule has 1 aromatic carbocycles. The van der Waals surface area contributed by atoms with Crippen LogP contribution in [0.3, 0.4) is 0 Å². The average Bonchev–Trinajstić information content (AvgIpc) is 2.19. The molecule has 0 unspecified atom stereocenters. The van der Waals surface area contributed by atoms with Crippen LogP contribution in [-0.2, 0) is 6.54 Å². The first-order valence-corrected chi connectivity index (χ1v) is 5.40. The van der Waals surface area contributed by atoms with Crippen molar-refractivity contribution < 1.29 is 9.84 Å². The summed E-state index contributed by atoms with van der Waals surface area (Å²) in [6.07, 6.45) is -0.118. The number of β-amino-alcohol motifs (C(OH)–C–C–N with tert-alkyl or cyclic N) is 1. The van der Waals surface area contributed by atoms with Gasteiger partial charge in [-0.2, -0.15) is 0 Å². The monoisotopic (exact) mass is 207 g/mol. The van der Waals surface area contributed by atoms with Gasteiger partial charge in [0.15, 0.2) is 0 Å². The second-order valence-corrected chi connectivity index (χ2v) is 3.92. The Labute approximate surface area is 90.3 Å². The van der Waals surface area contributed by atoms with Gasteiger partial charge in [0, 0.05) is 19.6 Å². The fourth-order valence-electron chi connectivity index (χ4n) is 1.79. The SMILES string of the molecule is CCOc1ccc(CN2CC(O)C2)cc1. The molecule has 0 amide bonds. The molecule has 1 aliphatic heterocycles. The van der Waals surface area contributed by atoms with Crippen LogP contribution in [0.1, 0.15) is 12.5 Å². The molecule has 1 fully saturated rings. The zero-order valence-electron chi connectivity index (χ0n) is 9.02. The molecule has 3 heteroatoms. The highest BCUT2D eigenvalue weighted by atomic mass is 16.5. The zero-order chi connectivity index (χ0) is 10.7. The Morgan fingerprint density at radius 1 is 1.33 bits per heavy atom. The summed E-state index contributed by atoms with van der Waals surface area (Å²) in [5, 5.41) is 9.15. The lowest BCUT2D eigenvalue weighted by molar-refractivity contribution is -0.00287. The van der Waals surface area contributed by atoms with E-state index in [4.69, 9.17) is 9.84 Å². The Balaban J connectivity index is 1.87. The van der Waals surface area contributed by atoms with Gasteiger partial charge >= 0.3 is 0 Å². The molecular formula is C12H17NO2. The minimum absolute atomic E-state index is 0.118. The minimum Gasteiger partial charge on any atom is -0.494 e. The maximum atomic E-state index is 9.15. The summed E-state index contributed by atoms with van der Waals surface area (Å²) in [6, 6.07) is 8.15. The highest BCUT2D eigenvalue weighted by Gasteiger charge is 2.23. The number of aliphatic hydroxyl groups excluding tert-OH is 1. The molecule has 1 aliphatic rings. The zero-order valence-corrected chi connectivity index (χ0v) is 9.02. The Morgan fingerprint density at radius 3 is 2.53 bits per heavy atom. The van der Waals surface area contributed by atoms with Gasteiger partial charge < -0.3 is 9.84 Å². The van der Waals surface area contributed by atoms with Crippen molar-refractivity contribution in [2.24, 2.45) is 0 Å². The maximum absolute atomic E-state index is 9.15. The third-order valence-electron chi connectivity index (χ3n) is 2.58. The lowest BCUT2D eigenvalue weighted by atomic mass is 10.1. The van der Waals surface area contributed by atoms with E-state index < -0.39 is 0 Å². The van der Waals surface area contributed by atoms with Gasteiger partial charge in [-0.1, -0.05) is 12.1 Å². The Bertz CT molecular complexity index is 304. The number of hydrogen-bond acceptors (Lipinski definition) is 3. The fraction of sp³-hybridized carbons (Fsp3) is 0.500. The summed E-state index contributed by atoms with van der Waals surface area (Å²) in [6.45, 7) is 5.21. The molecule has 15 heavy (non-hydrogen) atoms. The van der Waals surface area contributed by atoms with Gasteiger partial charge in [0.05, 0.1) is 12.7 Å². The lowest BCUT2D eigenvalue weighted by Crippen LogP contribution is -2.49. The largest absolute Gasteiger partial charge is 0.494 e. The van der Waals surface area contributed by atoms with Crippen molar-refractivity contribution in [3.8, 4) is 5.75 Å². The number of nitrogens with zero attached hydrogens (tertiary/aromatic N) is 1. The van der Waals surface area contributed by atoms with Crippen LogP contribution in [0.4, 0.5) is 0 Å². The summed E-state index contributed by atoms with van der Waals surface area (Å²) in [5.74, 6) is 0.921. The van der Waals surface area contributed by atoms with Gasteiger partial charge in [-0.05, 0) is 24.6 Å². The standard InChI is InChI=1S/C12H17NO2/c1-2-15-12-5-3-10(4-6-12)7-13-8-11(14)9-13/h3-6,11,14H,2,7-9H2,1H3. The second kappa shape index (κ2) is 4.64. The van der Waals surface area contributed by atoms with Crippen molar-refractivity contribution in [3.05, 3.63) is 29.8 Å². The first-order valence-electron chi connectivity index (χ1n) is 5.40. The lowest BCUT2D eigenvalue weighted by Gasteiger charge is -2.35. The summed E-state index contributed by atoms with van der Waals surface area (Å²) in [7, 11) is 0. The van der Waals surface area contributed by atoms with E-state index in [9.17, 15) is 0 Å². The quantitative estimate of drug-likeness (QED) is 0.807. The van der Waals surface area contributed by atoms with Crippen molar-refractivity contribution in [1.82, 2.24) is 4.90 Å². The smallest absolute Gasteiger partial charge is 0.119 e. The van der Waals surface area contributed by atoms with Crippen molar-refractivity contribution in [2.45, 2.75) is 19.6 Å². The molecule has 2 rings (SSSR count). The molecule has 3 nitrogen and oxygen atoms in total. The van der Waals surface area contributed by atoms with E-state index in [-0.39, 0.29) is 6.10 Å². The van der Waals surface area contributed by atoms with E-state index >= 15 is 0 Å². The highest BCUT2D eigenvalue weighted by Crippen LogP contribution is 2.16. The third kappa shape index (κ3) is 2.70. The van der Waals surface area contributed by atoms with Gasteiger partial charge in [0.1, 0.15) is 5.75 Å². The molecule has 0 spiro atoms. The molecule has 1 aromatic rings. The van der Waals surface area contributed by atoms with Gasteiger partial charge in [-0.3, -0.25) is 4.90 Å². The Hall–Kier alpha value is -1.06. The molecular weight excluding hydrogens is 190 g/mol. The number of hydrogen-bond donors (Lipinski definition) is 1. The van der Waals surface area contributed by atoms with Gasteiger partial charge in [-0.15, -0.1) is 0 Å². The first kappa shape index (κ1) is 10.5. The van der Waals surface area contributed by atoms with E-state index in [0.717, 1.165) is 25.4 Å². The van der Waals surface area contributed by atoms with Crippen molar-refractivity contribution in [2.75, 3.05) is 19.7 Å². The Kier molecular flexibility index (Phi) is 3.23. The number of aliphatic hydroxyl groups is 1. The predicted molar refractivity (Wildman–Crippen MR) is 58.9 cm³/mol. The fourth-order valence-corrected chi connectivity index (χ4v) is 1.79. The van der Waals surface area contributed by atoms with Crippen LogP contribution in [0.25, 0.3) is 0 Å². The van der Waals surface area contributed by atoms with Crippen LogP contribution in [0.2, 0.25) is 0 Å². The van der Waals surface area contributed by atoms with E-state index in [2.05, 4.69) is 17.0 Å². The van der Waals surface area contributed by atoms with Crippen LogP contribution in [-0.4, -0.2) is 35.8 Å². The number of ether oxygens (including phenoxy) is 1.